The maximum Gasteiger partial charge on any atom is 0.329 e. The molecule has 0 aromatic heterocycles. The van der Waals surface area contributed by atoms with Crippen LogP contribution in [0.4, 0.5) is 0 Å². The van der Waals surface area contributed by atoms with Crippen molar-refractivity contribution in [3.05, 3.63) is 0 Å². The summed E-state index contributed by atoms with van der Waals surface area (Å²) < 4.78 is 4.82. The Labute approximate surface area is 101 Å². The number of carboxylic acid groups (broad SMARTS) is 1. The second kappa shape index (κ2) is 5.46. The molecule has 0 heterocycles. The molecule has 4 N–H and O–H groups in total. The molecular formula is C11H20N2O4. The van der Waals surface area contributed by atoms with E-state index in [4.69, 9.17) is 15.6 Å². The van der Waals surface area contributed by atoms with E-state index in [9.17, 15) is 9.59 Å². The zero-order valence-corrected chi connectivity index (χ0v) is 10.2. The highest BCUT2D eigenvalue weighted by atomic mass is 16.5. The van der Waals surface area contributed by atoms with Crippen LogP contribution >= 0.6 is 0 Å². The SMILES string of the molecule is COCCC(N)C(=O)NC(C)(C(=O)O)C1CC1. The number of hydrogen-bond donors (Lipinski definition) is 3. The molecule has 0 spiro atoms. The molecule has 1 rings (SSSR count). The van der Waals surface area contributed by atoms with Crippen molar-refractivity contribution in [3.8, 4) is 0 Å². The van der Waals surface area contributed by atoms with Gasteiger partial charge in [-0.3, -0.25) is 4.79 Å². The molecule has 6 nitrogen and oxygen atoms in total. The molecule has 0 saturated heterocycles. The molecule has 1 saturated carbocycles. The van der Waals surface area contributed by atoms with E-state index in [0.717, 1.165) is 12.8 Å². The quantitative estimate of drug-likeness (QED) is 0.571. The number of carboxylic acids is 1. The zero-order valence-electron chi connectivity index (χ0n) is 10.2. The normalized spacial score (nSPS) is 20.4. The fraction of sp³-hybridized carbons (Fsp3) is 0.818. The highest BCUT2D eigenvalue weighted by Crippen LogP contribution is 2.39. The van der Waals surface area contributed by atoms with E-state index in [1.54, 1.807) is 0 Å². The predicted octanol–water partition coefficient (Wildman–Crippen LogP) is -0.280. The Morgan fingerprint density at radius 3 is 2.59 bits per heavy atom. The number of methoxy groups -OCH3 is 1. The second-order valence-corrected chi connectivity index (χ2v) is 4.66. The van der Waals surface area contributed by atoms with Crippen LogP contribution in [0, 0.1) is 5.92 Å². The molecule has 0 bridgehead atoms. The number of nitrogens with one attached hydrogen (secondary N) is 1. The molecule has 1 amide bonds. The highest BCUT2D eigenvalue weighted by Gasteiger charge is 2.48. The average Bonchev–Trinajstić information content (AvgIpc) is 3.09. The van der Waals surface area contributed by atoms with E-state index in [-0.39, 0.29) is 5.92 Å². The predicted molar refractivity (Wildman–Crippen MR) is 61.4 cm³/mol. The summed E-state index contributed by atoms with van der Waals surface area (Å²) >= 11 is 0. The van der Waals surface area contributed by atoms with Gasteiger partial charge in [0.2, 0.25) is 5.91 Å². The van der Waals surface area contributed by atoms with E-state index >= 15 is 0 Å². The van der Waals surface area contributed by atoms with E-state index in [2.05, 4.69) is 5.32 Å². The van der Waals surface area contributed by atoms with Crippen molar-refractivity contribution in [2.45, 2.75) is 37.8 Å². The first-order valence-electron chi connectivity index (χ1n) is 5.71. The van der Waals surface area contributed by atoms with Gasteiger partial charge in [-0.1, -0.05) is 0 Å². The lowest BCUT2D eigenvalue weighted by Gasteiger charge is -2.27. The number of rotatable bonds is 7. The first-order valence-corrected chi connectivity index (χ1v) is 5.71. The van der Waals surface area contributed by atoms with Crippen LogP contribution in [-0.2, 0) is 14.3 Å². The molecule has 0 aromatic carbocycles. The third-order valence-corrected chi connectivity index (χ3v) is 3.19. The molecule has 0 aromatic rings. The fourth-order valence-electron chi connectivity index (χ4n) is 1.72. The molecule has 6 heteroatoms. The summed E-state index contributed by atoms with van der Waals surface area (Å²) in [5.74, 6) is -1.43. The lowest BCUT2D eigenvalue weighted by molar-refractivity contribution is -0.148. The maximum absolute atomic E-state index is 11.7. The van der Waals surface area contributed by atoms with Crippen molar-refractivity contribution in [3.63, 3.8) is 0 Å². The third-order valence-electron chi connectivity index (χ3n) is 3.19. The Morgan fingerprint density at radius 2 is 2.18 bits per heavy atom. The van der Waals surface area contributed by atoms with Crippen molar-refractivity contribution in [1.29, 1.82) is 0 Å². The molecule has 98 valence electrons. The topological polar surface area (TPSA) is 102 Å². The summed E-state index contributed by atoms with van der Waals surface area (Å²) in [5.41, 5.74) is 4.45. The maximum atomic E-state index is 11.7. The number of ether oxygens (including phenoxy) is 1. The number of aliphatic carboxylic acids is 1. The van der Waals surface area contributed by atoms with Crippen LogP contribution in [-0.4, -0.2) is 42.3 Å². The standard InChI is InChI=1S/C11H20N2O4/c1-11(10(15)16,7-3-4-7)13-9(14)8(12)5-6-17-2/h7-8H,3-6,12H2,1-2H3,(H,13,14)(H,15,16). The van der Waals surface area contributed by atoms with Crippen LogP contribution < -0.4 is 11.1 Å². The molecule has 1 aliphatic carbocycles. The summed E-state index contributed by atoms with van der Waals surface area (Å²) in [6.45, 7) is 1.91. The van der Waals surface area contributed by atoms with Gasteiger partial charge in [0.15, 0.2) is 0 Å². The van der Waals surface area contributed by atoms with Crippen LogP contribution in [0.2, 0.25) is 0 Å². The Balaban J connectivity index is 2.55. The minimum Gasteiger partial charge on any atom is -0.480 e. The Hall–Kier alpha value is -1.14. The van der Waals surface area contributed by atoms with Gasteiger partial charge < -0.3 is 20.9 Å². The van der Waals surface area contributed by atoms with E-state index in [1.807, 2.05) is 0 Å². The van der Waals surface area contributed by atoms with E-state index in [0.29, 0.717) is 13.0 Å². The molecule has 1 aliphatic rings. The van der Waals surface area contributed by atoms with Crippen molar-refractivity contribution >= 4 is 11.9 Å². The fourth-order valence-corrected chi connectivity index (χ4v) is 1.72. The van der Waals surface area contributed by atoms with Gasteiger partial charge in [-0.2, -0.15) is 0 Å². The monoisotopic (exact) mass is 244 g/mol. The van der Waals surface area contributed by atoms with E-state index in [1.165, 1.54) is 14.0 Å². The van der Waals surface area contributed by atoms with Gasteiger partial charge in [-0.15, -0.1) is 0 Å². The zero-order chi connectivity index (χ0) is 13.1. The molecular weight excluding hydrogens is 224 g/mol. The van der Waals surface area contributed by atoms with Crippen molar-refractivity contribution < 1.29 is 19.4 Å². The van der Waals surface area contributed by atoms with E-state index < -0.39 is 23.5 Å². The minimum atomic E-state index is -1.19. The smallest absolute Gasteiger partial charge is 0.329 e. The first-order chi connectivity index (χ1) is 7.91. The van der Waals surface area contributed by atoms with Gasteiger partial charge in [0.1, 0.15) is 5.54 Å². The molecule has 2 atom stereocenters. The lowest BCUT2D eigenvalue weighted by atomic mass is 9.95. The number of carbonyl (C=O) groups is 2. The summed E-state index contributed by atoms with van der Waals surface area (Å²) in [5, 5.41) is 11.7. The Bertz CT molecular complexity index is 304. The summed E-state index contributed by atoms with van der Waals surface area (Å²) in [4.78, 5) is 22.9. The average molecular weight is 244 g/mol. The van der Waals surface area contributed by atoms with Crippen molar-refractivity contribution in [2.75, 3.05) is 13.7 Å². The van der Waals surface area contributed by atoms with Gasteiger partial charge in [-0.25, -0.2) is 4.79 Å². The molecule has 0 aliphatic heterocycles. The first kappa shape index (κ1) is 13.9. The van der Waals surface area contributed by atoms with Crippen molar-refractivity contribution in [2.24, 2.45) is 11.7 Å². The van der Waals surface area contributed by atoms with Gasteiger partial charge in [0.25, 0.3) is 0 Å². The Kier molecular flexibility index (Phi) is 4.47. The summed E-state index contributed by atoms with van der Waals surface area (Å²) in [6.07, 6.45) is 2.04. The number of amides is 1. The van der Waals surface area contributed by atoms with Gasteiger partial charge in [0, 0.05) is 13.7 Å². The summed E-state index contributed by atoms with van der Waals surface area (Å²) in [6, 6.07) is -0.729. The molecule has 1 fully saturated rings. The third kappa shape index (κ3) is 3.41. The minimum absolute atomic E-state index is 0.0126. The second-order valence-electron chi connectivity index (χ2n) is 4.66. The van der Waals surface area contributed by atoms with Gasteiger partial charge >= 0.3 is 5.97 Å². The lowest BCUT2D eigenvalue weighted by Crippen LogP contribution is -2.57. The van der Waals surface area contributed by atoms with Crippen LogP contribution in [0.5, 0.6) is 0 Å². The number of carbonyl (C=O) groups excluding carboxylic acids is 1. The molecule has 2 unspecified atom stereocenters. The number of nitrogens with two attached hydrogens (primary N) is 1. The highest BCUT2D eigenvalue weighted by molar-refractivity contribution is 5.89. The van der Waals surface area contributed by atoms with Crippen LogP contribution in [0.25, 0.3) is 0 Å². The summed E-state index contributed by atoms with van der Waals surface area (Å²) in [7, 11) is 1.52. The largest absolute Gasteiger partial charge is 0.480 e. The van der Waals surface area contributed by atoms with Crippen LogP contribution in [0.15, 0.2) is 0 Å². The van der Waals surface area contributed by atoms with Crippen LogP contribution in [0.3, 0.4) is 0 Å². The molecule has 0 radical (unpaired) electrons. The number of hydrogen-bond acceptors (Lipinski definition) is 4. The van der Waals surface area contributed by atoms with Gasteiger partial charge in [0.05, 0.1) is 6.04 Å². The van der Waals surface area contributed by atoms with Crippen LogP contribution in [0.1, 0.15) is 26.2 Å². The van der Waals surface area contributed by atoms with Gasteiger partial charge in [-0.05, 0) is 32.1 Å². The van der Waals surface area contributed by atoms with Crippen molar-refractivity contribution in [1.82, 2.24) is 5.32 Å². The Morgan fingerprint density at radius 1 is 1.59 bits per heavy atom. The molecule has 17 heavy (non-hydrogen) atoms.